The summed E-state index contributed by atoms with van der Waals surface area (Å²) in [5.41, 5.74) is 1.21. The molecule has 4 heterocycles. The van der Waals surface area contributed by atoms with E-state index in [9.17, 15) is 18.0 Å². The molecule has 0 radical (unpaired) electrons. The van der Waals surface area contributed by atoms with Gasteiger partial charge >= 0.3 is 12.1 Å². The Balaban J connectivity index is 0.000000339. The average molecular weight is 441 g/mol. The van der Waals surface area contributed by atoms with Crippen LogP contribution in [-0.2, 0) is 16.1 Å². The summed E-state index contributed by atoms with van der Waals surface area (Å²) in [7, 11) is 0. The van der Waals surface area contributed by atoms with Crippen molar-refractivity contribution in [2.24, 2.45) is 11.3 Å². The molecule has 0 bridgehead atoms. The van der Waals surface area contributed by atoms with E-state index in [1.165, 1.54) is 11.8 Å². The van der Waals surface area contributed by atoms with Gasteiger partial charge in [0.05, 0.1) is 19.5 Å². The molecule has 2 N–H and O–H groups in total. The summed E-state index contributed by atoms with van der Waals surface area (Å²) in [5, 5.41) is 10.1. The first kappa shape index (κ1) is 22.8. The van der Waals surface area contributed by atoms with Gasteiger partial charge in [0.1, 0.15) is 0 Å². The zero-order valence-corrected chi connectivity index (χ0v) is 16.5. The molecule has 1 amide bonds. The number of nitrogens with zero attached hydrogens (tertiary/aromatic N) is 2. The summed E-state index contributed by atoms with van der Waals surface area (Å²) in [4.78, 5) is 27.7. The summed E-state index contributed by atoms with van der Waals surface area (Å²) < 4.78 is 42.6. The number of aliphatic carboxylic acids is 1. The number of carboxylic acids is 1. The molecule has 2 fully saturated rings. The molecule has 0 aliphatic carbocycles. The van der Waals surface area contributed by atoms with Crippen LogP contribution < -0.4 is 5.32 Å². The molecule has 2 aliphatic rings. The minimum atomic E-state index is -5.08. The first-order valence-corrected chi connectivity index (χ1v) is 9.50. The highest BCUT2D eigenvalue weighted by atomic mass is 19.4. The summed E-state index contributed by atoms with van der Waals surface area (Å²) in [6.07, 6.45) is 0.136. The maximum absolute atomic E-state index is 12.2. The molecular formula is C20H22F3N3O5. The molecule has 11 heteroatoms. The van der Waals surface area contributed by atoms with Crippen molar-refractivity contribution in [3.63, 3.8) is 0 Å². The molecule has 2 atom stereocenters. The van der Waals surface area contributed by atoms with E-state index in [2.05, 4.69) is 21.3 Å². The van der Waals surface area contributed by atoms with Crippen LogP contribution in [0.25, 0.3) is 0 Å². The minimum absolute atomic E-state index is 0.00946. The smallest absolute Gasteiger partial charge is 0.475 e. The van der Waals surface area contributed by atoms with Crippen LogP contribution in [-0.4, -0.2) is 65.9 Å². The molecule has 0 saturated carbocycles. The SMILES string of the molecule is O=C(NC[C@]12COC[C@H]1CN(Cc1cccnc1)C2)c1ccco1.O=C(O)C(F)(F)F. The Morgan fingerprint density at radius 3 is 2.71 bits per heavy atom. The summed E-state index contributed by atoms with van der Waals surface area (Å²) in [6.45, 7) is 4.87. The second-order valence-electron chi connectivity index (χ2n) is 7.57. The van der Waals surface area contributed by atoms with Crippen LogP contribution in [0.5, 0.6) is 0 Å². The van der Waals surface area contributed by atoms with Crippen molar-refractivity contribution >= 4 is 11.9 Å². The van der Waals surface area contributed by atoms with Gasteiger partial charge in [-0.15, -0.1) is 0 Å². The standard InChI is InChI=1S/C18H21N3O3.C2HF3O2/c22-17(16-4-2-6-24-16)20-11-18-12-21(9-15(18)10-23-13-18)8-14-3-1-5-19-7-14;3-2(4,5)1(6)7/h1-7,15H,8-13H2,(H,20,22);(H,6,7)/t15-,18+;/m1./s1. The van der Waals surface area contributed by atoms with Crippen LogP contribution in [0, 0.1) is 11.3 Å². The van der Waals surface area contributed by atoms with Crippen LogP contribution in [0.1, 0.15) is 16.1 Å². The second-order valence-corrected chi connectivity index (χ2v) is 7.57. The quantitative estimate of drug-likeness (QED) is 0.733. The highest BCUT2D eigenvalue weighted by molar-refractivity contribution is 5.91. The number of alkyl halides is 3. The van der Waals surface area contributed by atoms with Gasteiger partial charge in [-0.25, -0.2) is 4.79 Å². The van der Waals surface area contributed by atoms with Crippen LogP contribution in [0.3, 0.4) is 0 Å². The van der Waals surface area contributed by atoms with Crippen molar-refractivity contribution in [1.82, 2.24) is 15.2 Å². The van der Waals surface area contributed by atoms with Gasteiger partial charge in [0, 0.05) is 49.9 Å². The zero-order chi connectivity index (χ0) is 22.5. The number of hydrogen-bond acceptors (Lipinski definition) is 6. The van der Waals surface area contributed by atoms with Gasteiger partial charge in [-0.1, -0.05) is 6.07 Å². The molecule has 4 rings (SSSR count). The van der Waals surface area contributed by atoms with Gasteiger partial charge in [-0.05, 0) is 23.8 Å². The predicted molar refractivity (Wildman–Crippen MR) is 101 cm³/mol. The van der Waals surface area contributed by atoms with E-state index in [4.69, 9.17) is 19.1 Å². The topological polar surface area (TPSA) is 105 Å². The van der Waals surface area contributed by atoms with E-state index in [1.54, 1.807) is 18.3 Å². The van der Waals surface area contributed by atoms with E-state index in [0.29, 0.717) is 24.8 Å². The van der Waals surface area contributed by atoms with Gasteiger partial charge in [0.25, 0.3) is 5.91 Å². The molecule has 2 aromatic heterocycles. The van der Waals surface area contributed by atoms with Crippen molar-refractivity contribution in [3.05, 3.63) is 54.2 Å². The molecule has 168 valence electrons. The number of likely N-dealkylation sites (tertiary alicyclic amines) is 1. The van der Waals surface area contributed by atoms with E-state index < -0.39 is 12.1 Å². The number of nitrogens with one attached hydrogen (secondary N) is 1. The molecule has 0 spiro atoms. The van der Waals surface area contributed by atoms with Gasteiger partial charge in [0.2, 0.25) is 0 Å². The second kappa shape index (κ2) is 9.48. The van der Waals surface area contributed by atoms with Gasteiger partial charge in [0.15, 0.2) is 5.76 Å². The lowest BCUT2D eigenvalue weighted by Crippen LogP contribution is -2.43. The Hall–Kier alpha value is -2.92. The number of hydrogen-bond donors (Lipinski definition) is 2. The third kappa shape index (κ3) is 5.82. The highest BCUT2D eigenvalue weighted by Gasteiger charge is 2.50. The number of fused-ring (bicyclic) bond motifs is 1. The molecular weight excluding hydrogens is 419 g/mol. The lowest BCUT2D eigenvalue weighted by molar-refractivity contribution is -0.192. The predicted octanol–water partition coefficient (Wildman–Crippen LogP) is 2.19. The highest BCUT2D eigenvalue weighted by Crippen LogP contribution is 2.41. The van der Waals surface area contributed by atoms with Crippen molar-refractivity contribution in [1.29, 1.82) is 0 Å². The van der Waals surface area contributed by atoms with Crippen LogP contribution in [0.15, 0.2) is 47.3 Å². The Bertz CT molecular complexity index is 876. The number of carbonyl (C=O) groups excluding carboxylic acids is 1. The average Bonchev–Trinajstić information content (AvgIpc) is 3.43. The van der Waals surface area contributed by atoms with Crippen molar-refractivity contribution in [2.75, 3.05) is 32.8 Å². The Morgan fingerprint density at radius 2 is 2.10 bits per heavy atom. The van der Waals surface area contributed by atoms with Gasteiger partial charge in [-0.3, -0.25) is 14.7 Å². The number of pyridine rings is 1. The molecule has 2 aromatic rings. The zero-order valence-electron chi connectivity index (χ0n) is 16.5. The lowest BCUT2D eigenvalue weighted by atomic mass is 9.81. The first-order valence-electron chi connectivity index (χ1n) is 9.50. The maximum atomic E-state index is 12.2. The van der Waals surface area contributed by atoms with Gasteiger partial charge < -0.3 is 19.6 Å². The number of halogens is 3. The van der Waals surface area contributed by atoms with Crippen LogP contribution in [0.2, 0.25) is 0 Å². The third-order valence-corrected chi connectivity index (χ3v) is 5.31. The van der Waals surface area contributed by atoms with E-state index in [0.717, 1.165) is 26.2 Å². The Morgan fingerprint density at radius 1 is 1.32 bits per heavy atom. The number of ether oxygens (including phenoxy) is 1. The largest absolute Gasteiger partial charge is 0.490 e. The summed E-state index contributed by atoms with van der Waals surface area (Å²) in [6, 6.07) is 7.47. The minimum Gasteiger partial charge on any atom is -0.475 e. The van der Waals surface area contributed by atoms with Crippen molar-refractivity contribution in [2.45, 2.75) is 12.7 Å². The molecule has 2 aliphatic heterocycles. The van der Waals surface area contributed by atoms with E-state index in [-0.39, 0.29) is 11.3 Å². The fourth-order valence-corrected chi connectivity index (χ4v) is 3.81. The Labute approximate surface area is 176 Å². The number of carboxylic acid groups (broad SMARTS) is 1. The maximum Gasteiger partial charge on any atom is 0.490 e. The van der Waals surface area contributed by atoms with E-state index in [1.807, 2.05) is 12.3 Å². The van der Waals surface area contributed by atoms with Crippen molar-refractivity contribution in [3.8, 4) is 0 Å². The number of carbonyl (C=O) groups is 2. The summed E-state index contributed by atoms with van der Waals surface area (Å²) in [5.74, 6) is -2.11. The normalized spacial score (nSPS) is 23.0. The van der Waals surface area contributed by atoms with Gasteiger partial charge in [-0.2, -0.15) is 13.2 Å². The Kier molecular flexibility index (Phi) is 6.96. The number of rotatable bonds is 5. The number of amides is 1. The number of furan rings is 1. The monoisotopic (exact) mass is 441 g/mol. The molecule has 31 heavy (non-hydrogen) atoms. The number of aromatic nitrogens is 1. The fraction of sp³-hybridized carbons (Fsp3) is 0.450. The first-order chi connectivity index (χ1) is 14.7. The lowest BCUT2D eigenvalue weighted by Gasteiger charge is -2.27. The van der Waals surface area contributed by atoms with Crippen LogP contribution in [0.4, 0.5) is 13.2 Å². The molecule has 2 saturated heterocycles. The molecule has 8 nitrogen and oxygen atoms in total. The van der Waals surface area contributed by atoms with E-state index >= 15 is 0 Å². The molecule has 0 aromatic carbocycles. The fourth-order valence-electron chi connectivity index (χ4n) is 3.81. The molecule has 0 unspecified atom stereocenters. The van der Waals surface area contributed by atoms with Crippen LogP contribution >= 0.6 is 0 Å². The summed E-state index contributed by atoms with van der Waals surface area (Å²) >= 11 is 0. The third-order valence-electron chi connectivity index (χ3n) is 5.31. The van der Waals surface area contributed by atoms with Crippen molar-refractivity contribution < 1.29 is 37.0 Å².